The summed E-state index contributed by atoms with van der Waals surface area (Å²) in [5.41, 5.74) is 2.29. The first-order valence-electron chi connectivity index (χ1n) is 12.2. The van der Waals surface area contributed by atoms with Gasteiger partial charge in [0.25, 0.3) is 5.91 Å². The molecule has 1 saturated carbocycles. The zero-order chi connectivity index (χ0) is 26.4. The third-order valence-electron chi connectivity index (χ3n) is 6.45. The zero-order valence-corrected chi connectivity index (χ0v) is 20.9. The van der Waals surface area contributed by atoms with Gasteiger partial charge in [0, 0.05) is 30.4 Å². The van der Waals surface area contributed by atoms with Crippen LogP contribution in [0.1, 0.15) is 47.4 Å². The average Bonchev–Trinajstić information content (AvgIpc) is 3.37. The summed E-state index contributed by atoms with van der Waals surface area (Å²) in [6.07, 6.45) is 5.32. The second kappa shape index (κ2) is 11.9. The predicted octanol–water partition coefficient (Wildman–Crippen LogP) is 2.39. The van der Waals surface area contributed by atoms with E-state index in [1.165, 1.54) is 13.2 Å². The van der Waals surface area contributed by atoms with Crippen LogP contribution in [0.4, 0.5) is 4.39 Å². The quantitative estimate of drug-likeness (QED) is 0.403. The minimum Gasteiger partial charge on any atom is -0.494 e. The van der Waals surface area contributed by atoms with Crippen LogP contribution < -0.4 is 15.4 Å². The maximum Gasteiger partial charge on any atom is 0.270 e. The molecule has 0 bridgehead atoms. The second-order valence-corrected chi connectivity index (χ2v) is 9.27. The number of aliphatic hydroxyl groups is 1. The zero-order valence-electron chi connectivity index (χ0n) is 20.9. The highest BCUT2D eigenvalue weighted by Crippen LogP contribution is 2.26. The SMILES string of the molecule is COc1cc(CNC(=O)c2cc(-c3ncn(C[C@H]4CC[C@H](NC(=O)CO)CC4)n3)cc(C)n2)ccc1F. The van der Waals surface area contributed by atoms with Gasteiger partial charge in [-0.15, -0.1) is 0 Å². The fourth-order valence-corrected chi connectivity index (χ4v) is 4.54. The number of carbonyl (C=O) groups is 2. The first-order valence-corrected chi connectivity index (χ1v) is 12.2. The molecule has 2 amide bonds. The Morgan fingerprint density at radius 1 is 1.19 bits per heavy atom. The Kier molecular flexibility index (Phi) is 8.44. The lowest BCUT2D eigenvalue weighted by molar-refractivity contribution is -0.124. The molecule has 1 aliphatic rings. The maximum atomic E-state index is 13.6. The molecule has 11 heteroatoms. The predicted molar refractivity (Wildman–Crippen MR) is 133 cm³/mol. The summed E-state index contributed by atoms with van der Waals surface area (Å²) in [6, 6.07) is 8.02. The number of methoxy groups -OCH3 is 1. The number of aryl methyl sites for hydroxylation is 1. The third kappa shape index (κ3) is 6.88. The molecule has 3 N–H and O–H groups in total. The molecule has 1 aliphatic carbocycles. The monoisotopic (exact) mass is 510 g/mol. The van der Waals surface area contributed by atoms with Gasteiger partial charge < -0.3 is 20.5 Å². The second-order valence-electron chi connectivity index (χ2n) is 9.27. The summed E-state index contributed by atoms with van der Waals surface area (Å²) in [7, 11) is 1.39. The smallest absolute Gasteiger partial charge is 0.270 e. The number of nitrogens with one attached hydrogen (secondary N) is 2. The summed E-state index contributed by atoms with van der Waals surface area (Å²) in [6.45, 7) is 2.23. The Morgan fingerprint density at radius 3 is 2.70 bits per heavy atom. The minimum absolute atomic E-state index is 0.108. The van der Waals surface area contributed by atoms with Gasteiger partial charge in [-0.3, -0.25) is 14.3 Å². The number of carbonyl (C=O) groups excluding carboxylic acids is 2. The number of benzene rings is 1. The Balaban J connectivity index is 1.36. The van der Waals surface area contributed by atoms with Crippen molar-refractivity contribution in [2.24, 2.45) is 5.92 Å². The molecule has 2 heterocycles. The van der Waals surface area contributed by atoms with Crippen LogP contribution in [-0.2, 0) is 17.9 Å². The van der Waals surface area contributed by atoms with Crippen molar-refractivity contribution < 1.29 is 23.8 Å². The van der Waals surface area contributed by atoms with Crippen molar-refractivity contribution in [3.8, 4) is 17.1 Å². The molecule has 196 valence electrons. The minimum atomic E-state index is -0.483. The lowest BCUT2D eigenvalue weighted by Gasteiger charge is -2.28. The lowest BCUT2D eigenvalue weighted by atomic mass is 9.86. The molecule has 2 aromatic heterocycles. The molecule has 10 nitrogen and oxygen atoms in total. The van der Waals surface area contributed by atoms with Gasteiger partial charge in [0.1, 0.15) is 18.6 Å². The van der Waals surface area contributed by atoms with E-state index in [9.17, 15) is 14.0 Å². The average molecular weight is 511 g/mol. The molecule has 0 unspecified atom stereocenters. The molecule has 1 aromatic carbocycles. The van der Waals surface area contributed by atoms with Crippen LogP contribution in [0.2, 0.25) is 0 Å². The topological polar surface area (TPSA) is 131 Å². The molecule has 0 spiro atoms. The fraction of sp³-hybridized carbons (Fsp3) is 0.423. The Morgan fingerprint density at radius 2 is 1.97 bits per heavy atom. The van der Waals surface area contributed by atoms with E-state index in [1.54, 1.807) is 31.5 Å². The number of ether oxygens (including phenoxy) is 1. The first-order chi connectivity index (χ1) is 17.8. The van der Waals surface area contributed by atoms with Crippen molar-refractivity contribution in [2.45, 2.75) is 51.7 Å². The molecule has 0 saturated heterocycles. The number of rotatable bonds is 9. The van der Waals surface area contributed by atoms with Crippen molar-refractivity contribution in [3.63, 3.8) is 0 Å². The number of amides is 2. The highest BCUT2D eigenvalue weighted by atomic mass is 19.1. The maximum absolute atomic E-state index is 13.6. The standard InChI is InChI=1S/C26H31FN6O4/c1-16-9-19(11-22(30-16)26(36)28-12-18-5-8-21(27)23(10-18)37-2)25-29-15-33(32-25)13-17-3-6-20(7-4-17)31-24(35)14-34/h5,8-11,15,17,20,34H,3-4,6-7,12-14H2,1-2H3,(H,28,36)(H,31,35)/t17-,20-. The van der Waals surface area contributed by atoms with Crippen LogP contribution in [0.3, 0.4) is 0 Å². The highest BCUT2D eigenvalue weighted by molar-refractivity contribution is 5.93. The summed E-state index contributed by atoms with van der Waals surface area (Å²) in [5.74, 6) is -0.118. The van der Waals surface area contributed by atoms with Gasteiger partial charge in [0.2, 0.25) is 5.91 Å². The molecular formula is C26H31FN6O4. The summed E-state index contributed by atoms with van der Waals surface area (Å²) in [5, 5.41) is 19.2. The van der Waals surface area contributed by atoms with Gasteiger partial charge in [-0.1, -0.05) is 6.07 Å². The lowest BCUT2D eigenvalue weighted by Crippen LogP contribution is -2.39. The molecule has 0 radical (unpaired) electrons. The molecule has 3 aromatic rings. The summed E-state index contributed by atoms with van der Waals surface area (Å²) < 4.78 is 20.4. The molecule has 0 atom stereocenters. The van der Waals surface area contributed by atoms with Gasteiger partial charge in [-0.25, -0.2) is 14.4 Å². The third-order valence-corrected chi connectivity index (χ3v) is 6.45. The van der Waals surface area contributed by atoms with Crippen molar-refractivity contribution >= 4 is 11.8 Å². The Labute approximate surface area is 214 Å². The molecule has 0 aliphatic heterocycles. The van der Waals surface area contributed by atoms with E-state index in [4.69, 9.17) is 9.84 Å². The van der Waals surface area contributed by atoms with Gasteiger partial charge in [0.15, 0.2) is 17.4 Å². The number of pyridine rings is 1. The van der Waals surface area contributed by atoms with E-state index in [0.717, 1.165) is 25.7 Å². The number of hydrogen-bond acceptors (Lipinski definition) is 7. The number of aliphatic hydroxyl groups excluding tert-OH is 1. The van der Waals surface area contributed by atoms with E-state index in [-0.39, 0.29) is 35.8 Å². The largest absolute Gasteiger partial charge is 0.494 e. The molecular weight excluding hydrogens is 479 g/mol. The Hall–Kier alpha value is -3.86. The van der Waals surface area contributed by atoms with Gasteiger partial charge in [-0.05, 0) is 68.4 Å². The van der Waals surface area contributed by atoms with Crippen molar-refractivity contribution in [1.82, 2.24) is 30.4 Å². The van der Waals surface area contributed by atoms with Crippen LogP contribution in [0.5, 0.6) is 5.75 Å². The first kappa shape index (κ1) is 26.2. The van der Waals surface area contributed by atoms with Gasteiger partial charge in [-0.2, -0.15) is 5.10 Å². The summed E-state index contributed by atoms with van der Waals surface area (Å²) >= 11 is 0. The van der Waals surface area contributed by atoms with Crippen LogP contribution in [0.25, 0.3) is 11.4 Å². The Bertz CT molecular complexity index is 1260. The van der Waals surface area contributed by atoms with Gasteiger partial charge in [0.05, 0.1) is 7.11 Å². The van der Waals surface area contributed by atoms with Crippen LogP contribution in [0, 0.1) is 18.7 Å². The fourth-order valence-electron chi connectivity index (χ4n) is 4.54. The van der Waals surface area contributed by atoms with Crippen LogP contribution in [0.15, 0.2) is 36.7 Å². The number of aromatic nitrogens is 4. The molecule has 1 fully saturated rings. The van der Waals surface area contributed by atoms with E-state index in [2.05, 4.69) is 25.7 Å². The van der Waals surface area contributed by atoms with E-state index < -0.39 is 12.4 Å². The number of halogens is 1. The van der Waals surface area contributed by atoms with E-state index >= 15 is 0 Å². The summed E-state index contributed by atoms with van der Waals surface area (Å²) in [4.78, 5) is 33.0. The number of nitrogens with zero attached hydrogens (tertiary/aromatic N) is 4. The van der Waals surface area contributed by atoms with Crippen LogP contribution >= 0.6 is 0 Å². The van der Waals surface area contributed by atoms with E-state index in [0.29, 0.717) is 35.1 Å². The molecule has 4 rings (SSSR count). The van der Waals surface area contributed by atoms with Crippen molar-refractivity contribution in [3.05, 3.63) is 59.4 Å². The van der Waals surface area contributed by atoms with Crippen molar-refractivity contribution in [2.75, 3.05) is 13.7 Å². The van der Waals surface area contributed by atoms with E-state index in [1.807, 2.05) is 10.7 Å². The van der Waals surface area contributed by atoms with Crippen molar-refractivity contribution in [1.29, 1.82) is 0 Å². The van der Waals surface area contributed by atoms with Gasteiger partial charge >= 0.3 is 0 Å². The van der Waals surface area contributed by atoms with Crippen LogP contribution in [-0.4, -0.2) is 56.4 Å². The molecule has 37 heavy (non-hydrogen) atoms. The normalized spacial score (nSPS) is 17.3. The highest BCUT2D eigenvalue weighted by Gasteiger charge is 2.23. The number of hydrogen-bond donors (Lipinski definition) is 3.